The number of benzene rings is 4. The number of phenolic OH excluding ortho intramolecular Hbond substituents is 1. The number of nitrogens with zero attached hydrogens (tertiary/aromatic N) is 2. The van der Waals surface area contributed by atoms with Gasteiger partial charge >= 0.3 is 5.97 Å². The van der Waals surface area contributed by atoms with E-state index in [0.29, 0.717) is 35.1 Å². The lowest BCUT2D eigenvalue weighted by atomic mass is 9.83. The zero-order valence-corrected chi connectivity index (χ0v) is 34.6. The number of carboxylic acids is 1. The molecule has 4 atom stereocenters. The molecule has 3 aromatic carbocycles. The van der Waals surface area contributed by atoms with Crippen LogP contribution in [-0.2, 0) is 20.8 Å². The molecular weight excluding hydrogens is 799 g/mol. The first-order valence-corrected chi connectivity index (χ1v) is 21.5. The van der Waals surface area contributed by atoms with Crippen molar-refractivity contribution >= 4 is 58.5 Å². The van der Waals surface area contributed by atoms with Gasteiger partial charge in [-0.3, -0.25) is 24.0 Å². The second kappa shape index (κ2) is 18.9. The van der Waals surface area contributed by atoms with Crippen LogP contribution < -0.4 is 21.4 Å². The summed E-state index contributed by atoms with van der Waals surface area (Å²) in [6.45, 7) is 1.88. The van der Waals surface area contributed by atoms with E-state index in [1.54, 1.807) is 32.3 Å². The number of aliphatic imine (C=N–C) groups is 1. The van der Waals surface area contributed by atoms with Crippen LogP contribution in [0, 0.1) is 0 Å². The van der Waals surface area contributed by atoms with Crippen molar-refractivity contribution in [2.45, 2.75) is 69.5 Å². The number of fused-ring (bicyclic) bond motifs is 3. The Morgan fingerprint density at radius 2 is 1.80 bits per heavy atom. The highest BCUT2D eigenvalue weighted by Gasteiger charge is 2.38. The Labute approximate surface area is 356 Å². The van der Waals surface area contributed by atoms with Gasteiger partial charge in [0, 0.05) is 58.6 Å². The van der Waals surface area contributed by atoms with Crippen molar-refractivity contribution in [3.63, 3.8) is 0 Å². The van der Waals surface area contributed by atoms with Gasteiger partial charge in [-0.05, 0) is 106 Å². The van der Waals surface area contributed by atoms with E-state index in [1.807, 2.05) is 12.1 Å². The molecule has 15 heteroatoms. The van der Waals surface area contributed by atoms with Crippen LogP contribution in [0.25, 0.3) is 33.4 Å². The number of likely N-dealkylation sites (N-methyl/N-ethyl adjacent to an activating group) is 1. The van der Waals surface area contributed by atoms with Gasteiger partial charge in [0.1, 0.15) is 29.2 Å². The number of phenols is 1. The topological polar surface area (TPSA) is 208 Å². The van der Waals surface area contributed by atoms with Crippen LogP contribution in [0.3, 0.4) is 0 Å². The average molecular weight is 846 g/mol. The fourth-order valence-corrected chi connectivity index (χ4v) is 9.11. The summed E-state index contributed by atoms with van der Waals surface area (Å²) in [6.07, 6.45) is 5.71. The monoisotopic (exact) mass is 845 g/mol. The van der Waals surface area contributed by atoms with Crippen LogP contribution in [-0.4, -0.2) is 94.3 Å². The molecule has 1 fully saturated rings. The standard InChI is InChI=1S/C46H47N5O9S/c1-26(47-2)42(54)50-37(45(57)51-25-61-24-38(51)44(56)49-23-29-10-7-9-27-8-3-4-11-32(27)29)12-5-6-19-48-43(55)28-13-16-33(36(20-28)46(58)59)41-34-17-14-30(52)21-39(34)60-40-22-31(53)15-18-35(40)41/h3-4,8,11,13-18,20-23,26,29,37-38,47,52H,5-7,9-10,12,19,24-25H2,1-2H3,(H,48,55)(H,50,54)(H,58,59)/t26-,29?,37-,38-/m0/s1. The molecule has 1 saturated heterocycles. The number of nitrogens with one attached hydrogen (secondary N) is 3. The van der Waals surface area contributed by atoms with E-state index >= 15 is 0 Å². The number of amides is 4. The molecule has 0 spiro atoms. The van der Waals surface area contributed by atoms with E-state index in [0.717, 1.165) is 19.3 Å². The van der Waals surface area contributed by atoms with E-state index in [1.165, 1.54) is 70.3 Å². The quantitative estimate of drug-likeness (QED) is 0.0530. The van der Waals surface area contributed by atoms with Gasteiger partial charge in [0.25, 0.3) is 11.8 Å². The minimum absolute atomic E-state index is 0.0284. The molecule has 14 nitrogen and oxygen atoms in total. The lowest BCUT2D eigenvalue weighted by Gasteiger charge is -2.28. The van der Waals surface area contributed by atoms with Gasteiger partial charge in [0.2, 0.25) is 11.8 Å². The molecule has 1 unspecified atom stereocenters. The van der Waals surface area contributed by atoms with Gasteiger partial charge < -0.3 is 35.5 Å². The average Bonchev–Trinajstić information content (AvgIpc) is 3.76. The van der Waals surface area contributed by atoms with Crippen molar-refractivity contribution in [3.8, 4) is 28.2 Å². The molecule has 2 heterocycles. The van der Waals surface area contributed by atoms with Gasteiger partial charge in [-0.2, -0.15) is 0 Å². The highest BCUT2D eigenvalue weighted by molar-refractivity contribution is 7.99. The Hall–Kier alpha value is -6.32. The molecule has 0 bridgehead atoms. The maximum atomic E-state index is 14.1. The van der Waals surface area contributed by atoms with Crippen LogP contribution in [0.5, 0.6) is 5.75 Å². The van der Waals surface area contributed by atoms with Crippen molar-refractivity contribution in [3.05, 3.63) is 111 Å². The van der Waals surface area contributed by atoms with Crippen LogP contribution in [0.15, 0.2) is 93.1 Å². The molecule has 61 heavy (non-hydrogen) atoms. The smallest absolute Gasteiger partial charge is 0.336 e. The first-order valence-electron chi connectivity index (χ1n) is 20.3. The lowest BCUT2D eigenvalue weighted by Crippen LogP contribution is -2.54. The zero-order chi connectivity index (χ0) is 43.2. The first kappa shape index (κ1) is 42.8. The number of hydrogen-bond donors (Lipinski definition) is 5. The number of thioether (sulfide) groups is 1. The molecule has 2 aliphatic carbocycles. The maximum absolute atomic E-state index is 14.1. The van der Waals surface area contributed by atoms with Gasteiger partial charge in [0.15, 0.2) is 5.43 Å². The molecule has 5 N–H and O–H groups in total. The fraction of sp³-hybridized carbons (Fsp3) is 0.326. The minimum atomic E-state index is -1.28. The number of aromatic hydroxyl groups is 1. The lowest BCUT2D eigenvalue weighted by molar-refractivity contribution is -0.140. The second-order valence-corrected chi connectivity index (χ2v) is 16.3. The second-order valence-electron chi connectivity index (χ2n) is 15.3. The highest BCUT2D eigenvalue weighted by atomic mass is 32.2. The van der Waals surface area contributed by atoms with E-state index in [9.17, 15) is 39.0 Å². The van der Waals surface area contributed by atoms with Gasteiger partial charge in [-0.15, -0.1) is 11.8 Å². The summed E-state index contributed by atoms with van der Waals surface area (Å²) >= 11 is 1.46. The molecule has 316 valence electrons. The molecule has 0 aromatic heterocycles. The van der Waals surface area contributed by atoms with Crippen LogP contribution in [0.1, 0.15) is 76.8 Å². The zero-order valence-electron chi connectivity index (χ0n) is 33.8. The van der Waals surface area contributed by atoms with Crippen molar-refractivity contribution < 1.29 is 38.6 Å². The SMILES string of the molecule is CN[C@@H](C)C(=O)N[C@@H](CCCCNC(=O)c1ccc(-c2c3ccc(=O)cc-3oc3cc(O)ccc23)c(C(=O)O)c1)C(=O)N1CSC[C@H]1C(=O)N=CC1CCCc2ccccc21. The third-order valence-corrected chi connectivity index (χ3v) is 12.4. The fourth-order valence-electron chi connectivity index (χ4n) is 7.95. The third-order valence-electron chi connectivity index (χ3n) is 11.4. The molecule has 4 aliphatic rings. The summed E-state index contributed by atoms with van der Waals surface area (Å²) in [5.74, 6) is -2.08. The third kappa shape index (κ3) is 9.53. The number of rotatable bonds is 14. The Morgan fingerprint density at radius 1 is 1.00 bits per heavy atom. The highest BCUT2D eigenvalue weighted by Crippen LogP contribution is 2.42. The normalized spacial score (nSPS) is 17.2. The molecule has 7 rings (SSSR count). The van der Waals surface area contributed by atoms with Crippen molar-refractivity contribution in [2.75, 3.05) is 25.2 Å². The van der Waals surface area contributed by atoms with Crippen LogP contribution >= 0.6 is 11.8 Å². The minimum Gasteiger partial charge on any atom is -0.508 e. The number of carboxylic acid groups (broad SMARTS) is 1. The van der Waals surface area contributed by atoms with Gasteiger partial charge in [0.05, 0.1) is 17.5 Å². The van der Waals surface area contributed by atoms with Crippen molar-refractivity contribution in [1.82, 2.24) is 20.9 Å². The van der Waals surface area contributed by atoms with Crippen LogP contribution in [0.4, 0.5) is 0 Å². The molecule has 0 radical (unpaired) electrons. The summed E-state index contributed by atoms with van der Waals surface area (Å²) in [5.41, 5.74) is 3.53. The predicted octanol–water partition coefficient (Wildman–Crippen LogP) is 5.58. The number of aromatic carboxylic acids is 1. The Balaban J connectivity index is 1.01. The number of unbranched alkanes of at least 4 members (excludes halogenated alkanes) is 1. The largest absolute Gasteiger partial charge is 0.508 e. The molecule has 4 amide bonds. The van der Waals surface area contributed by atoms with E-state index in [-0.39, 0.29) is 75.8 Å². The molecule has 3 aromatic rings. The number of carbonyl (C=O) groups excluding carboxylic acids is 4. The van der Waals surface area contributed by atoms with E-state index in [2.05, 4.69) is 33.1 Å². The number of aryl methyl sites for hydroxylation is 1. The van der Waals surface area contributed by atoms with E-state index in [4.69, 9.17) is 4.42 Å². The maximum Gasteiger partial charge on any atom is 0.336 e. The number of carbonyl (C=O) groups is 5. The summed E-state index contributed by atoms with van der Waals surface area (Å²) in [4.78, 5) is 84.6. The van der Waals surface area contributed by atoms with Crippen molar-refractivity contribution in [1.29, 1.82) is 0 Å². The molecular formula is C46H47N5O9S. The molecule has 0 saturated carbocycles. The number of hydrogen-bond acceptors (Lipinski definition) is 10. The van der Waals surface area contributed by atoms with E-state index < -0.39 is 35.9 Å². The summed E-state index contributed by atoms with van der Waals surface area (Å²) in [6, 6.07) is 18.9. The van der Waals surface area contributed by atoms with Gasteiger partial charge in [-0.25, -0.2) is 9.79 Å². The molecule has 2 aliphatic heterocycles. The van der Waals surface area contributed by atoms with Crippen LogP contribution in [0.2, 0.25) is 0 Å². The Kier molecular flexibility index (Phi) is 13.3. The Morgan fingerprint density at radius 3 is 2.61 bits per heavy atom. The first-order chi connectivity index (χ1) is 29.4. The summed E-state index contributed by atoms with van der Waals surface area (Å²) in [5, 5.41) is 29.5. The summed E-state index contributed by atoms with van der Waals surface area (Å²) < 4.78 is 5.90. The van der Waals surface area contributed by atoms with Crippen molar-refractivity contribution in [2.24, 2.45) is 4.99 Å². The van der Waals surface area contributed by atoms with Gasteiger partial charge in [-0.1, -0.05) is 30.3 Å². The summed E-state index contributed by atoms with van der Waals surface area (Å²) in [7, 11) is 1.64. The predicted molar refractivity (Wildman–Crippen MR) is 233 cm³/mol. The Bertz CT molecular complexity index is 2550.